The van der Waals surface area contributed by atoms with Crippen molar-refractivity contribution in [2.24, 2.45) is 17.8 Å². The van der Waals surface area contributed by atoms with Crippen molar-refractivity contribution in [3.05, 3.63) is 70.8 Å². The number of carbonyl (C=O) groups is 3. The predicted octanol–water partition coefficient (Wildman–Crippen LogP) is 5.22. The van der Waals surface area contributed by atoms with Crippen LogP contribution in [0.4, 0.5) is 13.2 Å². The van der Waals surface area contributed by atoms with Gasteiger partial charge in [0.1, 0.15) is 0 Å². The molecule has 2 amide bonds. The molecule has 2 aromatic rings. The standard InChI is InChI=1S/C33H40F3N3O4/c1-21-9-8-10-22(2)28(21)31(41)39-19-25-17-38(18-26(25)20-39)16-15-27(23-11-4-3-5-12-23)37-30(40)29(24-13-6-7-14-24)43-32(42)33(34,35)36/h3-5,8-12,24-27,29H,6-7,13-20H2,1-2H3,(H,37,40). The molecule has 4 atom stereocenters. The van der Waals surface area contributed by atoms with E-state index < -0.39 is 36.1 Å². The molecule has 2 heterocycles. The molecule has 0 aromatic heterocycles. The van der Waals surface area contributed by atoms with Crippen LogP contribution in [0.5, 0.6) is 0 Å². The van der Waals surface area contributed by atoms with Gasteiger partial charge in [-0.15, -0.1) is 0 Å². The number of benzene rings is 2. The Morgan fingerprint density at radius 1 is 0.907 bits per heavy atom. The first-order chi connectivity index (χ1) is 20.5. The highest BCUT2D eigenvalue weighted by atomic mass is 19.4. The van der Waals surface area contributed by atoms with Gasteiger partial charge in [-0.05, 0) is 61.6 Å². The number of halogens is 3. The first kappa shape index (κ1) is 31.0. The Morgan fingerprint density at radius 2 is 1.51 bits per heavy atom. The molecule has 4 unspecified atom stereocenters. The fraction of sp³-hybridized carbons (Fsp3) is 0.545. The third-order valence-electron chi connectivity index (χ3n) is 9.35. The third kappa shape index (κ3) is 7.22. The van der Waals surface area contributed by atoms with Crippen molar-refractivity contribution in [2.75, 3.05) is 32.7 Å². The van der Waals surface area contributed by atoms with Crippen LogP contribution in [0.1, 0.15) is 65.2 Å². The van der Waals surface area contributed by atoms with Gasteiger partial charge in [0.2, 0.25) is 0 Å². The third-order valence-corrected chi connectivity index (χ3v) is 9.35. The van der Waals surface area contributed by atoms with Gasteiger partial charge in [0.25, 0.3) is 11.8 Å². The molecule has 232 valence electrons. The minimum Gasteiger partial charge on any atom is -0.445 e. The number of hydrogen-bond donors (Lipinski definition) is 1. The van der Waals surface area contributed by atoms with E-state index in [2.05, 4.69) is 10.2 Å². The van der Waals surface area contributed by atoms with Crippen LogP contribution in [0, 0.1) is 31.6 Å². The number of nitrogens with one attached hydrogen (secondary N) is 1. The van der Waals surface area contributed by atoms with Gasteiger partial charge in [0.05, 0.1) is 6.04 Å². The van der Waals surface area contributed by atoms with Gasteiger partial charge in [-0.1, -0.05) is 61.4 Å². The Kier molecular flexibility index (Phi) is 9.44. The fourth-order valence-electron chi connectivity index (χ4n) is 7.13. The van der Waals surface area contributed by atoms with E-state index in [-0.39, 0.29) is 5.91 Å². The summed E-state index contributed by atoms with van der Waals surface area (Å²) in [5.41, 5.74) is 3.60. The van der Waals surface area contributed by atoms with Crippen LogP contribution in [0.15, 0.2) is 48.5 Å². The number of carbonyl (C=O) groups excluding carboxylic acids is 3. The molecule has 0 bridgehead atoms. The summed E-state index contributed by atoms with van der Waals surface area (Å²) in [6.45, 7) is 7.71. The van der Waals surface area contributed by atoms with Gasteiger partial charge in [-0.25, -0.2) is 4.79 Å². The molecule has 5 rings (SSSR count). The number of amides is 2. The lowest BCUT2D eigenvalue weighted by atomic mass is 9.98. The number of hydrogen-bond acceptors (Lipinski definition) is 5. The molecule has 2 aromatic carbocycles. The second-order valence-electron chi connectivity index (χ2n) is 12.4. The van der Waals surface area contributed by atoms with Crippen LogP contribution in [-0.4, -0.2) is 72.6 Å². The zero-order valence-corrected chi connectivity index (χ0v) is 24.7. The van der Waals surface area contributed by atoms with Crippen molar-refractivity contribution in [1.29, 1.82) is 0 Å². The van der Waals surface area contributed by atoms with Crippen LogP contribution in [0.25, 0.3) is 0 Å². The molecule has 0 radical (unpaired) electrons. The summed E-state index contributed by atoms with van der Waals surface area (Å²) in [5.74, 6) is -2.62. The number of nitrogens with zero attached hydrogens (tertiary/aromatic N) is 2. The first-order valence-electron chi connectivity index (χ1n) is 15.2. The Bertz CT molecular complexity index is 1280. The van der Waals surface area contributed by atoms with Crippen LogP contribution in [0.3, 0.4) is 0 Å². The number of esters is 1. The predicted molar refractivity (Wildman–Crippen MR) is 155 cm³/mol. The van der Waals surface area contributed by atoms with Crippen molar-refractivity contribution < 1.29 is 32.3 Å². The van der Waals surface area contributed by atoms with Crippen molar-refractivity contribution in [2.45, 2.75) is 64.3 Å². The number of ether oxygens (including phenoxy) is 1. The zero-order chi connectivity index (χ0) is 30.7. The second-order valence-corrected chi connectivity index (χ2v) is 12.4. The first-order valence-corrected chi connectivity index (χ1v) is 15.2. The Morgan fingerprint density at radius 3 is 2.09 bits per heavy atom. The second kappa shape index (κ2) is 13.1. The lowest BCUT2D eigenvalue weighted by Gasteiger charge is -2.28. The normalized spacial score (nSPS) is 22.3. The maximum atomic E-state index is 13.4. The smallest absolute Gasteiger partial charge is 0.445 e. The average molecular weight is 600 g/mol. The number of aryl methyl sites for hydroxylation is 2. The minimum absolute atomic E-state index is 0.0893. The maximum Gasteiger partial charge on any atom is 0.490 e. The summed E-state index contributed by atoms with van der Waals surface area (Å²) in [5, 5.41) is 2.93. The van der Waals surface area contributed by atoms with Crippen LogP contribution in [0.2, 0.25) is 0 Å². The highest BCUT2D eigenvalue weighted by Gasteiger charge is 2.46. The molecule has 2 saturated heterocycles. The minimum atomic E-state index is -5.16. The Labute approximate surface area is 250 Å². The number of likely N-dealkylation sites (tertiary alicyclic amines) is 2. The van der Waals surface area contributed by atoms with Crippen molar-refractivity contribution >= 4 is 17.8 Å². The molecule has 0 spiro atoms. The van der Waals surface area contributed by atoms with Crippen LogP contribution in [-0.2, 0) is 14.3 Å². The highest BCUT2D eigenvalue weighted by Crippen LogP contribution is 2.34. The summed E-state index contributed by atoms with van der Waals surface area (Å²) < 4.78 is 43.9. The van der Waals surface area contributed by atoms with Crippen molar-refractivity contribution in [3.8, 4) is 0 Å². The van der Waals surface area contributed by atoms with E-state index in [4.69, 9.17) is 4.74 Å². The van der Waals surface area contributed by atoms with Gasteiger partial charge in [0.15, 0.2) is 6.10 Å². The molecule has 1 N–H and O–H groups in total. The molecule has 7 nitrogen and oxygen atoms in total. The maximum absolute atomic E-state index is 13.4. The quantitative estimate of drug-likeness (QED) is 0.400. The van der Waals surface area contributed by atoms with E-state index in [1.54, 1.807) is 0 Å². The molecule has 43 heavy (non-hydrogen) atoms. The molecule has 1 saturated carbocycles. The lowest BCUT2D eigenvalue weighted by Crippen LogP contribution is -2.45. The van der Waals surface area contributed by atoms with E-state index in [9.17, 15) is 27.6 Å². The average Bonchev–Trinajstić information content (AvgIpc) is 3.71. The fourth-order valence-corrected chi connectivity index (χ4v) is 7.13. The van der Waals surface area contributed by atoms with E-state index in [1.165, 1.54) is 0 Å². The number of rotatable bonds is 9. The van der Waals surface area contributed by atoms with Crippen LogP contribution < -0.4 is 5.32 Å². The van der Waals surface area contributed by atoms with Gasteiger partial charge in [-0.3, -0.25) is 9.59 Å². The zero-order valence-electron chi connectivity index (χ0n) is 24.7. The molecule has 3 aliphatic rings. The lowest BCUT2D eigenvalue weighted by molar-refractivity contribution is -0.207. The van der Waals surface area contributed by atoms with E-state index in [0.717, 1.165) is 48.2 Å². The Balaban J connectivity index is 1.21. The summed E-state index contributed by atoms with van der Waals surface area (Å²) in [7, 11) is 0. The van der Waals surface area contributed by atoms with E-state index >= 15 is 0 Å². The van der Waals surface area contributed by atoms with Crippen molar-refractivity contribution in [1.82, 2.24) is 15.1 Å². The molecular weight excluding hydrogens is 559 g/mol. The van der Waals surface area contributed by atoms with Gasteiger partial charge < -0.3 is 19.9 Å². The summed E-state index contributed by atoms with van der Waals surface area (Å²) >= 11 is 0. The molecule has 1 aliphatic carbocycles. The number of alkyl halides is 3. The summed E-state index contributed by atoms with van der Waals surface area (Å²) in [6.07, 6.45) is -3.45. The largest absolute Gasteiger partial charge is 0.490 e. The SMILES string of the molecule is Cc1cccc(C)c1C(=O)N1CC2CN(CCC(NC(=O)C(OC(=O)C(F)(F)F)C3CCCC3)c3ccccc3)CC2C1. The van der Waals surface area contributed by atoms with E-state index in [1.807, 2.05) is 67.3 Å². The molecule has 10 heteroatoms. The van der Waals surface area contributed by atoms with Crippen molar-refractivity contribution in [3.63, 3.8) is 0 Å². The number of fused-ring (bicyclic) bond motifs is 1. The van der Waals surface area contributed by atoms with Gasteiger partial charge in [0, 0.05) is 44.2 Å². The van der Waals surface area contributed by atoms with Crippen LogP contribution >= 0.6 is 0 Å². The summed E-state index contributed by atoms with van der Waals surface area (Å²) in [6, 6.07) is 14.8. The summed E-state index contributed by atoms with van der Waals surface area (Å²) in [4.78, 5) is 42.7. The molecule has 2 aliphatic heterocycles. The molecular formula is C33H40F3N3O4. The molecule has 3 fully saturated rings. The topological polar surface area (TPSA) is 79.0 Å². The van der Waals surface area contributed by atoms with E-state index in [0.29, 0.717) is 50.7 Å². The highest BCUT2D eigenvalue weighted by molar-refractivity contribution is 5.97. The van der Waals surface area contributed by atoms with Gasteiger partial charge in [-0.2, -0.15) is 13.2 Å². The monoisotopic (exact) mass is 599 g/mol. The Hall–Kier alpha value is -3.40. The van der Waals surface area contributed by atoms with Gasteiger partial charge >= 0.3 is 12.1 Å².